The van der Waals surface area contributed by atoms with Crippen molar-refractivity contribution in [3.8, 4) is 0 Å². The highest BCUT2D eigenvalue weighted by atomic mass is 35.5. The average molecular weight is 420 g/mol. The zero-order valence-corrected chi connectivity index (χ0v) is 15.8. The Kier molecular flexibility index (Phi) is 5.50. The molecule has 0 aliphatic carbocycles. The second kappa shape index (κ2) is 6.71. The van der Waals surface area contributed by atoms with Crippen molar-refractivity contribution in [1.82, 2.24) is 4.31 Å². The molecule has 2 rings (SSSR count). The second-order valence-electron chi connectivity index (χ2n) is 6.31. The Balaban J connectivity index is 2.23. The molecular formula is C14H17ClF3NO4S2. The lowest BCUT2D eigenvalue weighted by Gasteiger charge is -2.37. The summed E-state index contributed by atoms with van der Waals surface area (Å²) in [4.78, 5) is -0.566. The highest BCUT2D eigenvalue weighted by Gasteiger charge is 2.44. The summed E-state index contributed by atoms with van der Waals surface area (Å²) < 4.78 is 88.5. The molecule has 1 aromatic rings. The van der Waals surface area contributed by atoms with Crippen molar-refractivity contribution < 1.29 is 30.0 Å². The van der Waals surface area contributed by atoms with Gasteiger partial charge in [0.2, 0.25) is 10.0 Å². The van der Waals surface area contributed by atoms with Crippen LogP contribution in [0.1, 0.15) is 19.4 Å². The predicted octanol–water partition coefficient (Wildman–Crippen LogP) is 2.80. The lowest BCUT2D eigenvalue weighted by Crippen LogP contribution is -2.57. The highest BCUT2D eigenvalue weighted by molar-refractivity contribution is 7.92. The van der Waals surface area contributed by atoms with Gasteiger partial charge in [-0.15, -0.1) is 0 Å². The van der Waals surface area contributed by atoms with E-state index in [2.05, 4.69) is 0 Å². The third kappa shape index (κ3) is 4.29. The summed E-state index contributed by atoms with van der Waals surface area (Å²) >= 11 is 5.48. The summed E-state index contributed by atoms with van der Waals surface area (Å²) in [6, 6.07) is 2.31. The molecule has 0 aromatic heterocycles. The van der Waals surface area contributed by atoms with Crippen LogP contribution < -0.4 is 0 Å². The van der Waals surface area contributed by atoms with Crippen LogP contribution in [0.2, 0.25) is 5.02 Å². The molecule has 1 saturated heterocycles. The Bertz CT molecular complexity index is 861. The van der Waals surface area contributed by atoms with E-state index < -0.39 is 46.8 Å². The zero-order chi connectivity index (χ0) is 19.2. The van der Waals surface area contributed by atoms with E-state index >= 15 is 0 Å². The van der Waals surface area contributed by atoms with Gasteiger partial charge in [-0.05, 0) is 24.1 Å². The maximum Gasteiger partial charge on any atom is 0.417 e. The number of sulfone groups is 1. The first-order chi connectivity index (χ1) is 11.2. The van der Waals surface area contributed by atoms with Crippen LogP contribution in [0.3, 0.4) is 0 Å². The van der Waals surface area contributed by atoms with E-state index in [1.165, 1.54) is 0 Å². The minimum atomic E-state index is -4.79. The molecule has 1 heterocycles. The molecule has 0 unspecified atom stereocenters. The van der Waals surface area contributed by atoms with Crippen molar-refractivity contribution in [2.45, 2.75) is 30.2 Å². The van der Waals surface area contributed by atoms with Crippen LogP contribution in [0.5, 0.6) is 0 Å². The Morgan fingerprint density at radius 2 is 1.76 bits per heavy atom. The number of benzene rings is 1. The van der Waals surface area contributed by atoms with Gasteiger partial charge in [0.05, 0.1) is 26.5 Å². The van der Waals surface area contributed by atoms with Crippen LogP contribution >= 0.6 is 11.6 Å². The highest BCUT2D eigenvalue weighted by Crippen LogP contribution is 2.37. The second-order valence-corrected chi connectivity index (χ2v) is 11.0. The van der Waals surface area contributed by atoms with E-state index in [1.807, 2.05) is 0 Å². The molecule has 1 aliphatic heterocycles. The molecule has 0 atom stereocenters. The molecule has 0 saturated carbocycles. The molecule has 1 aromatic carbocycles. The molecule has 1 aliphatic rings. The number of nitrogens with zero attached hydrogens (tertiary/aromatic N) is 1. The molecule has 0 amide bonds. The van der Waals surface area contributed by atoms with Crippen LogP contribution in [0, 0.1) is 5.92 Å². The maximum atomic E-state index is 12.9. The van der Waals surface area contributed by atoms with Crippen molar-refractivity contribution in [2.75, 3.05) is 18.8 Å². The van der Waals surface area contributed by atoms with Crippen molar-refractivity contribution in [3.05, 3.63) is 28.8 Å². The third-order valence-corrected chi connectivity index (χ3v) is 8.37. The standard InChI is InChI=1S/C14H17ClF3NO4S2/c1-9(2)8-24(20,21)11-6-19(7-11)25(22,23)10-3-4-13(15)12(5-10)14(16,17)18/h3-5,9,11H,6-8H2,1-2H3. The number of sulfonamides is 1. The molecule has 25 heavy (non-hydrogen) atoms. The third-order valence-electron chi connectivity index (χ3n) is 3.77. The zero-order valence-electron chi connectivity index (χ0n) is 13.4. The molecule has 5 nitrogen and oxygen atoms in total. The maximum absolute atomic E-state index is 12.9. The van der Waals surface area contributed by atoms with Gasteiger partial charge in [-0.3, -0.25) is 0 Å². The van der Waals surface area contributed by atoms with Crippen molar-refractivity contribution >= 4 is 31.5 Å². The van der Waals surface area contributed by atoms with Gasteiger partial charge in [-0.25, -0.2) is 16.8 Å². The molecule has 0 N–H and O–H groups in total. The fraction of sp³-hybridized carbons (Fsp3) is 0.571. The predicted molar refractivity (Wildman–Crippen MR) is 87.6 cm³/mol. The molecule has 142 valence electrons. The summed E-state index contributed by atoms with van der Waals surface area (Å²) in [6.07, 6.45) is -4.79. The van der Waals surface area contributed by atoms with E-state index in [0.717, 1.165) is 16.4 Å². The van der Waals surface area contributed by atoms with Gasteiger partial charge < -0.3 is 0 Å². The smallest absolute Gasteiger partial charge is 0.228 e. The first-order valence-corrected chi connectivity index (χ1v) is 10.9. The van der Waals surface area contributed by atoms with Crippen LogP contribution in [-0.4, -0.2) is 45.2 Å². The van der Waals surface area contributed by atoms with E-state index in [-0.39, 0.29) is 24.8 Å². The minimum absolute atomic E-state index is 0.0648. The van der Waals surface area contributed by atoms with Gasteiger partial charge in [0, 0.05) is 13.1 Å². The first-order valence-electron chi connectivity index (χ1n) is 7.33. The number of rotatable bonds is 5. The van der Waals surface area contributed by atoms with E-state index in [4.69, 9.17) is 11.6 Å². The number of hydrogen-bond acceptors (Lipinski definition) is 4. The topological polar surface area (TPSA) is 71.5 Å². The minimum Gasteiger partial charge on any atom is -0.228 e. The van der Waals surface area contributed by atoms with Gasteiger partial charge in [-0.1, -0.05) is 25.4 Å². The summed E-state index contributed by atoms with van der Waals surface area (Å²) in [5.74, 6) is -0.161. The number of halogens is 4. The quantitative estimate of drug-likeness (QED) is 0.735. The van der Waals surface area contributed by atoms with Gasteiger partial charge in [0.25, 0.3) is 0 Å². The molecule has 0 bridgehead atoms. The average Bonchev–Trinajstić information content (AvgIpc) is 2.32. The van der Waals surface area contributed by atoms with Crippen molar-refractivity contribution in [1.29, 1.82) is 0 Å². The Hall–Kier alpha value is -0.840. The molecule has 0 radical (unpaired) electrons. The van der Waals surface area contributed by atoms with Gasteiger partial charge >= 0.3 is 6.18 Å². The first kappa shape index (κ1) is 20.5. The van der Waals surface area contributed by atoms with Gasteiger partial charge in [0.1, 0.15) is 0 Å². The normalized spacial score (nSPS) is 17.7. The van der Waals surface area contributed by atoms with Crippen LogP contribution in [0.25, 0.3) is 0 Å². The summed E-state index contributed by atoms with van der Waals surface area (Å²) in [6.45, 7) is 2.94. The lowest BCUT2D eigenvalue weighted by molar-refractivity contribution is -0.137. The summed E-state index contributed by atoms with van der Waals surface area (Å²) in [7, 11) is -7.66. The van der Waals surface area contributed by atoms with E-state index in [1.54, 1.807) is 13.8 Å². The van der Waals surface area contributed by atoms with Crippen LogP contribution in [0.4, 0.5) is 13.2 Å². The van der Waals surface area contributed by atoms with Crippen molar-refractivity contribution in [2.24, 2.45) is 5.92 Å². The number of hydrogen-bond donors (Lipinski definition) is 0. The Morgan fingerprint density at radius 1 is 1.20 bits per heavy atom. The molecular weight excluding hydrogens is 403 g/mol. The van der Waals surface area contributed by atoms with E-state index in [9.17, 15) is 30.0 Å². The monoisotopic (exact) mass is 419 g/mol. The van der Waals surface area contributed by atoms with Crippen LogP contribution in [-0.2, 0) is 26.0 Å². The fourth-order valence-corrected chi connectivity index (χ4v) is 6.44. The molecule has 0 spiro atoms. The summed E-state index contributed by atoms with van der Waals surface area (Å²) in [5, 5.41) is -1.44. The lowest BCUT2D eigenvalue weighted by atomic mass is 10.2. The van der Waals surface area contributed by atoms with Crippen LogP contribution in [0.15, 0.2) is 23.1 Å². The molecule has 1 fully saturated rings. The van der Waals surface area contributed by atoms with Gasteiger partial charge in [0.15, 0.2) is 9.84 Å². The molecule has 11 heteroatoms. The Labute approximate surface area is 149 Å². The SMILES string of the molecule is CC(C)CS(=O)(=O)C1CN(S(=O)(=O)c2ccc(Cl)c(C(F)(F)F)c2)C1. The van der Waals surface area contributed by atoms with Crippen molar-refractivity contribution in [3.63, 3.8) is 0 Å². The number of alkyl halides is 3. The fourth-order valence-electron chi connectivity index (χ4n) is 2.46. The van der Waals surface area contributed by atoms with E-state index in [0.29, 0.717) is 6.07 Å². The summed E-state index contributed by atoms with van der Waals surface area (Å²) in [5.41, 5.74) is -1.25. The largest absolute Gasteiger partial charge is 0.417 e. The Morgan fingerprint density at radius 3 is 2.24 bits per heavy atom. The van der Waals surface area contributed by atoms with Gasteiger partial charge in [-0.2, -0.15) is 17.5 Å².